The molecule has 1 aromatic carbocycles. The molecule has 0 atom stereocenters. The highest BCUT2D eigenvalue weighted by Gasteiger charge is 2.09. The molecule has 4 heteroatoms. The standard InChI is InChI=1S/C16H19FN2O/c1-10(2)14-7-12(9-18)8-16(19-14)20-15-5-4-13(17)6-11(15)3/h4-8,10H,9,18H2,1-3H3. The van der Waals surface area contributed by atoms with Crippen molar-refractivity contribution in [2.45, 2.75) is 33.2 Å². The number of ether oxygens (including phenoxy) is 1. The number of hydrogen-bond acceptors (Lipinski definition) is 3. The maximum absolute atomic E-state index is 13.1. The molecule has 0 radical (unpaired) electrons. The zero-order valence-electron chi connectivity index (χ0n) is 12.0. The van der Waals surface area contributed by atoms with Crippen LogP contribution < -0.4 is 10.5 Å². The molecule has 3 nitrogen and oxygen atoms in total. The van der Waals surface area contributed by atoms with E-state index in [1.165, 1.54) is 12.1 Å². The lowest BCUT2D eigenvalue weighted by atomic mass is 10.1. The van der Waals surface area contributed by atoms with Gasteiger partial charge in [0.25, 0.3) is 0 Å². The summed E-state index contributed by atoms with van der Waals surface area (Å²) in [5.74, 6) is 1.11. The summed E-state index contributed by atoms with van der Waals surface area (Å²) in [4.78, 5) is 4.47. The van der Waals surface area contributed by atoms with Gasteiger partial charge >= 0.3 is 0 Å². The molecule has 2 aromatic rings. The van der Waals surface area contributed by atoms with Gasteiger partial charge in [0, 0.05) is 18.3 Å². The molecule has 0 saturated carbocycles. The molecular weight excluding hydrogens is 255 g/mol. The molecule has 0 aliphatic rings. The quantitative estimate of drug-likeness (QED) is 0.919. The van der Waals surface area contributed by atoms with Crippen LogP contribution in [0.25, 0.3) is 0 Å². The minimum absolute atomic E-state index is 0.276. The van der Waals surface area contributed by atoms with Crippen LogP contribution in [0.4, 0.5) is 4.39 Å². The van der Waals surface area contributed by atoms with Gasteiger partial charge in [-0.05, 0) is 48.2 Å². The molecule has 0 saturated heterocycles. The molecule has 20 heavy (non-hydrogen) atoms. The summed E-state index contributed by atoms with van der Waals surface area (Å²) in [6.45, 7) is 6.36. The lowest BCUT2D eigenvalue weighted by molar-refractivity contribution is 0.453. The number of aromatic nitrogens is 1. The first-order valence-electron chi connectivity index (χ1n) is 6.64. The highest BCUT2D eigenvalue weighted by Crippen LogP contribution is 2.26. The van der Waals surface area contributed by atoms with Gasteiger partial charge in [0.1, 0.15) is 11.6 Å². The summed E-state index contributed by atoms with van der Waals surface area (Å²) in [5, 5.41) is 0. The van der Waals surface area contributed by atoms with E-state index >= 15 is 0 Å². The molecule has 0 unspecified atom stereocenters. The maximum atomic E-state index is 13.1. The minimum atomic E-state index is -0.276. The van der Waals surface area contributed by atoms with Gasteiger partial charge in [0.15, 0.2) is 0 Å². The summed E-state index contributed by atoms with van der Waals surface area (Å²) in [6.07, 6.45) is 0. The van der Waals surface area contributed by atoms with E-state index in [1.54, 1.807) is 13.0 Å². The zero-order chi connectivity index (χ0) is 14.7. The fraction of sp³-hybridized carbons (Fsp3) is 0.312. The van der Waals surface area contributed by atoms with Gasteiger partial charge in [-0.25, -0.2) is 9.37 Å². The second kappa shape index (κ2) is 6.01. The molecule has 0 bridgehead atoms. The molecular formula is C16H19FN2O. The second-order valence-corrected chi connectivity index (χ2v) is 5.11. The molecule has 1 aromatic heterocycles. The van der Waals surface area contributed by atoms with E-state index in [-0.39, 0.29) is 11.7 Å². The van der Waals surface area contributed by atoms with Gasteiger partial charge in [0.05, 0.1) is 0 Å². The summed E-state index contributed by atoms with van der Waals surface area (Å²) < 4.78 is 18.9. The molecule has 106 valence electrons. The second-order valence-electron chi connectivity index (χ2n) is 5.11. The van der Waals surface area contributed by atoms with E-state index in [9.17, 15) is 4.39 Å². The Bertz CT molecular complexity index is 611. The normalized spacial score (nSPS) is 10.9. The van der Waals surface area contributed by atoms with Gasteiger partial charge in [-0.15, -0.1) is 0 Å². The Morgan fingerprint density at radius 2 is 2.00 bits per heavy atom. The van der Waals surface area contributed by atoms with Crippen LogP contribution in [0.1, 0.15) is 36.6 Å². The van der Waals surface area contributed by atoms with E-state index in [0.717, 1.165) is 16.8 Å². The summed E-state index contributed by atoms with van der Waals surface area (Å²) in [6, 6.07) is 8.21. The Morgan fingerprint density at radius 1 is 1.25 bits per heavy atom. The van der Waals surface area contributed by atoms with Gasteiger partial charge in [-0.2, -0.15) is 0 Å². The molecule has 2 N–H and O–H groups in total. The lowest BCUT2D eigenvalue weighted by Crippen LogP contribution is -2.02. The topological polar surface area (TPSA) is 48.1 Å². The van der Waals surface area contributed by atoms with Crippen LogP contribution in [0.15, 0.2) is 30.3 Å². The fourth-order valence-electron chi connectivity index (χ4n) is 1.89. The van der Waals surface area contributed by atoms with Crippen molar-refractivity contribution in [3.8, 4) is 11.6 Å². The van der Waals surface area contributed by atoms with Gasteiger partial charge in [0.2, 0.25) is 5.88 Å². The van der Waals surface area contributed by atoms with Crippen LogP contribution in [0, 0.1) is 12.7 Å². The smallest absolute Gasteiger partial charge is 0.219 e. The summed E-state index contributed by atoms with van der Waals surface area (Å²) in [5.41, 5.74) is 8.33. The SMILES string of the molecule is Cc1cc(F)ccc1Oc1cc(CN)cc(C(C)C)n1. The number of nitrogens with zero attached hydrogens (tertiary/aromatic N) is 1. The molecule has 0 amide bonds. The van der Waals surface area contributed by atoms with Gasteiger partial charge < -0.3 is 10.5 Å². The number of benzene rings is 1. The Morgan fingerprint density at radius 3 is 2.60 bits per heavy atom. The highest BCUT2D eigenvalue weighted by molar-refractivity contribution is 5.37. The molecule has 0 fully saturated rings. The fourth-order valence-corrected chi connectivity index (χ4v) is 1.89. The van der Waals surface area contributed by atoms with Crippen LogP contribution in [0.5, 0.6) is 11.6 Å². The van der Waals surface area contributed by atoms with Crippen molar-refractivity contribution in [3.05, 3.63) is 53.0 Å². The van der Waals surface area contributed by atoms with Crippen molar-refractivity contribution in [1.82, 2.24) is 4.98 Å². The monoisotopic (exact) mass is 274 g/mol. The molecule has 1 heterocycles. The van der Waals surface area contributed by atoms with E-state index in [0.29, 0.717) is 18.2 Å². The number of rotatable bonds is 4. The molecule has 0 aliphatic carbocycles. The molecule has 0 spiro atoms. The van der Waals surface area contributed by atoms with E-state index in [1.807, 2.05) is 12.1 Å². The van der Waals surface area contributed by atoms with Crippen molar-refractivity contribution in [2.24, 2.45) is 5.73 Å². The van der Waals surface area contributed by atoms with E-state index in [4.69, 9.17) is 10.5 Å². The Labute approximate surface area is 118 Å². The Balaban J connectivity index is 2.34. The first kappa shape index (κ1) is 14.5. The number of hydrogen-bond donors (Lipinski definition) is 1. The first-order valence-corrected chi connectivity index (χ1v) is 6.64. The highest BCUT2D eigenvalue weighted by atomic mass is 19.1. The number of aryl methyl sites for hydroxylation is 1. The van der Waals surface area contributed by atoms with Crippen molar-refractivity contribution in [1.29, 1.82) is 0 Å². The van der Waals surface area contributed by atoms with E-state index < -0.39 is 0 Å². The van der Waals surface area contributed by atoms with Crippen LogP contribution in [0.2, 0.25) is 0 Å². The van der Waals surface area contributed by atoms with Crippen LogP contribution in [-0.4, -0.2) is 4.98 Å². The number of halogens is 1. The maximum Gasteiger partial charge on any atom is 0.219 e. The predicted molar refractivity (Wildman–Crippen MR) is 77.4 cm³/mol. The van der Waals surface area contributed by atoms with Crippen molar-refractivity contribution in [2.75, 3.05) is 0 Å². The lowest BCUT2D eigenvalue weighted by Gasteiger charge is -2.12. The number of nitrogens with two attached hydrogens (primary N) is 1. The zero-order valence-corrected chi connectivity index (χ0v) is 12.0. The third-order valence-corrected chi connectivity index (χ3v) is 3.06. The average Bonchev–Trinajstić information content (AvgIpc) is 2.41. The number of pyridine rings is 1. The molecule has 2 rings (SSSR count). The summed E-state index contributed by atoms with van der Waals surface area (Å²) >= 11 is 0. The van der Waals surface area contributed by atoms with Crippen molar-refractivity contribution < 1.29 is 9.13 Å². The summed E-state index contributed by atoms with van der Waals surface area (Å²) in [7, 11) is 0. The average molecular weight is 274 g/mol. The minimum Gasteiger partial charge on any atom is -0.439 e. The van der Waals surface area contributed by atoms with Crippen LogP contribution in [0.3, 0.4) is 0 Å². The van der Waals surface area contributed by atoms with E-state index in [2.05, 4.69) is 18.8 Å². The van der Waals surface area contributed by atoms with Crippen LogP contribution >= 0.6 is 0 Å². The Hall–Kier alpha value is -1.94. The van der Waals surface area contributed by atoms with Gasteiger partial charge in [-0.1, -0.05) is 13.8 Å². The van der Waals surface area contributed by atoms with Crippen molar-refractivity contribution >= 4 is 0 Å². The van der Waals surface area contributed by atoms with Crippen LogP contribution in [-0.2, 0) is 6.54 Å². The molecule has 0 aliphatic heterocycles. The third kappa shape index (κ3) is 3.33. The van der Waals surface area contributed by atoms with Crippen molar-refractivity contribution in [3.63, 3.8) is 0 Å². The largest absolute Gasteiger partial charge is 0.439 e. The first-order chi connectivity index (χ1) is 9.49. The third-order valence-electron chi connectivity index (χ3n) is 3.06. The van der Waals surface area contributed by atoms with Gasteiger partial charge in [-0.3, -0.25) is 0 Å². The Kier molecular flexibility index (Phi) is 4.35. The predicted octanol–water partition coefficient (Wildman–Crippen LogP) is 3.90.